The molecule has 0 radical (unpaired) electrons. The first-order valence-electron chi connectivity index (χ1n) is 13.9. The highest BCUT2D eigenvalue weighted by Crippen LogP contribution is 2.28. The summed E-state index contributed by atoms with van der Waals surface area (Å²) < 4.78 is 29.8. The molecule has 1 saturated heterocycles. The Kier molecular flexibility index (Phi) is 10.4. The minimum Gasteiger partial charge on any atom is -0.345 e. The second kappa shape index (κ2) is 14.2. The van der Waals surface area contributed by atoms with Gasteiger partial charge < -0.3 is 5.32 Å². The van der Waals surface area contributed by atoms with Crippen molar-refractivity contribution in [2.45, 2.75) is 54.5 Å². The Hall–Kier alpha value is -3.31. The Morgan fingerprint density at radius 1 is 0.977 bits per heavy atom. The maximum absolute atomic E-state index is 13.0. The number of carbonyl (C=O) groups excluding carboxylic acids is 2. The summed E-state index contributed by atoms with van der Waals surface area (Å²) >= 11 is 4.11. The normalized spacial score (nSPS) is 13.7. The van der Waals surface area contributed by atoms with Gasteiger partial charge in [-0.1, -0.05) is 53.9 Å². The van der Waals surface area contributed by atoms with Crippen molar-refractivity contribution in [3.63, 3.8) is 0 Å². The van der Waals surface area contributed by atoms with Crippen molar-refractivity contribution in [2.75, 3.05) is 29.9 Å². The minimum absolute atomic E-state index is 0.0580. The van der Waals surface area contributed by atoms with Crippen LogP contribution in [0.15, 0.2) is 56.9 Å². The highest BCUT2D eigenvalue weighted by molar-refractivity contribution is 8.01. The summed E-state index contributed by atoms with van der Waals surface area (Å²) in [5.74, 6) is 0.785. The third-order valence-corrected chi connectivity index (χ3v) is 11.5. The summed E-state index contributed by atoms with van der Waals surface area (Å²) in [6.45, 7) is 7.06. The Morgan fingerprint density at radius 2 is 1.73 bits per heavy atom. The molecule has 2 aromatic heterocycles. The van der Waals surface area contributed by atoms with Gasteiger partial charge in [-0.05, 0) is 73.9 Å². The number of hydrogen-bond donors (Lipinski definition) is 2. The van der Waals surface area contributed by atoms with Crippen LogP contribution in [-0.4, -0.2) is 74.1 Å². The fourth-order valence-corrected chi connectivity index (χ4v) is 8.50. The zero-order valence-electron chi connectivity index (χ0n) is 24.4. The first-order chi connectivity index (χ1) is 21.2. The van der Waals surface area contributed by atoms with Gasteiger partial charge in [0.25, 0.3) is 5.91 Å². The Bertz CT molecular complexity index is 1750. The van der Waals surface area contributed by atoms with Gasteiger partial charge in [0.1, 0.15) is 0 Å². The predicted octanol–water partition coefficient (Wildman–Crippen LogP) is 4.29. The average molecular weight is 673 g/mol. The van der Waals surface area contributed by atoms with E-state index in [4.69, 9.17) is 0 Å². The summed E-state index contributed by atoms with van der Waals surface area (Å²) in [6.07, 6.45) is 1.70. The van der Waals surface area contributed by atoms with Crippen LogP contribution >= 0.6 is 34.9 Å². The fraction of sp³-hybridized carbons (Fsp3) is 0.357. The van der Waals surface area contributed by atoms with Crippen molar-refractivity contribution < 1.29 is 18.0 Å². The van der Waals surface area contributed by atoms with E-state index in [1.54, 1.807) is 11.8 Å². The number of amides is 2. The molecule has 1 aliphatic rings. The molecule has 0 atom stereocenters. The molecule has 0 bridgehead atoms. The van der Waals surface area contributed by atoms with Gasteiger partial charge in [-0.2, -0.15) is 4.31 Å². The van der Waals surface area contributed by atoms with Crippen molar-refractivity contribution in [1.29, 1.82) is 0 Å². The van der Waals surface area contributed by atoms with Crippen LogP contribution in [0.25, 0.3) is 5.69 Å². The molecule has 1 fully saturated rings. The number of hydrogen-bond acceptors (Lipinski definition) is 11. The highest BCUT2D eigenvalue weighted by atomic mass is 32.2. The minimum atomic E-state index is -3.57. The third kappa shape index (κ3) is 7.48. The average Bonchev–Trinajstić information content (AvgIpc) is 3.79. The van der Waals surface area contributed by atoms with E-state index >= 15 is 0 Å². The van der Waals surface area contributed by atoms with Crippen LogP contribution < -0.4 is 10.6 Å². The molecule has 2 N–H and O–H groups in total. The van der Waals surface area contributed by atoms with Crippen molar-refractivity contribution in [3.05, 3.63) is 65.0 Å². The van der Waals surface area contributed by atoms with Gasteiger partial charge in [0, 0.05) is 18.7 Å². The largest absolute Gasteiger partial charge is 0.345 e. The summed E-state index contributed by atoms with van der Waals surface area (Å²) in [5.41, 5.74) is 3.17. The molecule has 4 aromatic rings. The molecule has 1 aliphatic heterocycles. The Morgan fingerprint density at radius 3 is 2.45 bits per heavy atom. The number of rotatable bonds is 12. The number of carbonyl (C=O) groups is 2. The first kappa shape index (κ1) is 32.1. The molecule has 12 nitrogen and oxygen atoms in total. The summed E-state index contributed by atoms with van der Waals surface area (Å²) in [7, 11) is -3.57. The lowest BCUT2D eigenvalue weighted by atomic mass is 10.1. The first-order valence-corrected chi connectivity index (χ1v) is 18.2. The van der Waals surface area contributed by atoms with Crippen molar-refractivity contribution in [2.24, 2.45) is 0 Å². The Balaban J connectivity index is 1.29. The number of aromatic nitrogens is 5. The maximum Gasteiger partial charge on any atom is 0.251 e. The Labute approximate surface area is 268 Å². The van der Waals surface area contributed by atoms with E-state index in [9.17, 15) is 18.0 Å². The molecule has 5 rings (SSSR count). The van der Waals surface area contributed by atoms with E-state index < -0.39 is 10.0 Å². The van der Waals surface area contributed by atoms with Gasteiger partial charge >= 0.3 is 0 Å². The number of benzene rings is 2. The van der Waals surface area contributed by atoms with Crippen LogP contribution in [0.2, 0.25) is 0 Å². The van der Waals surface area contributed by atoms with Gasteiger partial charge in [0.05, 0.1) is 22.9 Å². The molecule has 232 valence electrons. The molecular weight excluding hydrogens is 641 g/mol. The van der Waals surface area contributed by atoms with Crippen molar-refractivity contribution in [1.82, 2.24) is 34.6 Å². The molecular formula is C28H32N8O4S4. The second-order valence-corrected chi connectivity index (χ2v) is 15.4. The summed E-state index contributed by atoms with van der Waals surface area (Å²) in [5, 5.41) is 23.4. The van der Waals surface area contributed by atoms with Crippen molar-refractivity contribution >= 4 is 61.8 Å². The lowest BCUT2D eigenvalue weighted by Gasteiger charge is -2.16. The number of aryl methyl sites for hydroxylation is 2. The fourth-order valence-electron chi connectivity index (χ4n) is 4.56. The zero-order chi connectivity index (χ0) is 31.3. The number of anilines is 1. The van der Waals surface area contributed by atoms with Crippen LogP contribution in [0.3, 0.4) is 0 Å². The molecule has 0 spiro atoms. The quantitative estimate of drug-likeness (QED) is 0.165. The van der Waals surface area contributed by atoms with Gasteiger partial charge in [-0.3, -0.25) is 19.5 Å². The van der Waals surface area contributed by atoms with Crippen LogP contribution in [0.1, 0.15) is 47.1 Å². The van der Waals surface area contributed by atoms with E-state index in [-0.39, 0.29) is 29.0 Å². The second-order valence-electron chi connectivity index (χ2n) is 9.99. The molecule has 44 heavy (non-hydrogen) atoms. The number of nitrogens with zero attached hydrogens (tertiary/aromatic N) is 6. The topological polar surface area (TPSA) is 152 Å². The van der Waals surface area contributed by atoms with E-state index in [1.165, 1.54) is 51.7 Å². The smallest absolute Gasteiger partial charge is 0.251 e. The number of nitrogens with one attached hydrogen (secondary N) is 2. The predicted molar refractivity (Wildman–Crippen MR) is 172 cm³/mol. The molecule has 2 amide bonds. The molecule has 0 unspecified atom stereocenters. The van der Waals surface area contributed by atoms with Crippen LogP contribution in [0.4, 0.5) is 5.13 Å². The maximum atomic E-state index is 13.0. The highest BCUT2D eigenvalue weighted by Gasteiger charge is 2.27. The summed E-state index contributed by atoms with van der Waals surface area (Å²) in [6, 6.07) is 11.9. The van der Waals surface area contributed by atoms with Gasteiger partial charge in [-0.15, -0.1) is 20.4 Å². The van der Waals surface area contributed by atoms with Crippen LogP contribution in [-0.2, 0) is 21.4 Å². The van der Waals surface area contributed by atoms with Gasteiger partial charge in [0.2, 0.25) is 21.1 Å². The van der Waals surface area contributed by atoms with E-state index in [2.05, 4.69) is 31.0 Å². The molecule has 0 aliphatic carbocycles. The zero-order valence-corrected chi connectivity index (χ0v) is 27.7. The van der Waals surface area contributed by atoms with Gasteiger partial charge in [0.15, 0.2) is 15.3 Å². The lowest BCUT2D eigenvalue weighted by Crippen LogP contribution is -2.28. The van der Waals surface area contributed by atoms with E-state index in [0.29, 0.717) is 34.8 Å². The molecule has 16 heteroatoms. The lowest BCUT2D eigenvalue weighted by molar-refractivity contribution is -0.113. The van der Waals surface area contributed by atoms with Crippen molar-refractivity contribution in [3.8, 4) is 5.69 Å². The standard InChI is InChI=1S/C28H32N8O4S4/c1-4-41-28-34-32-26(43-28)30-24(37)17-42-27-33-31-23(36(27)22-15-18(2)7-8-19(22)3)16-29-25(38)20-9-11-21(12-10-20)44(39,40)35-13-5-6-14-35/h7-12,15H,4-6,13-14,16-17H2,1-3H3,(H,29,38)(H,30,32,37). The number of sulfonamides is 1. The molecule has 0 saturated carbocycles. The van der Waals surface area contributed by atoms with E-state index in [0.717, 1.165) is 39.7 Å². The summed E-state index contributed by atoms with van der Waals surface area (Å²) in [4.78, 5) is 25.9. The third-order valence-electron chi connectivity index (χ3n) is 6.79. The SMILES string of the molecule is CCSc1nnc(NC(=O)CSc2nnc(CNC(=O)c3ccc(S(=O)(=O)N4CCCC4)cc3)n2-c2cc(C)ccc2C)s1. The van der Waals surface area contributed by atoms with Gasteiger partial charge in [-0.25, -0.2) is 8.42 Å². The molecule has 3 heterocycles. The van der Waals surface area contributed by atoms with E-state index in [1.807, 2.05) is 43.5 Å². The van der Waals surface area contributed by atoms with Crippen LogP contribution in [0, 0.1) is 13.8 Å². The number of thioether (sulfide) groups is 2. The van der Waals surface area contributed by atoms with Crippen LogP contribution in [0.5, 0.6) is 0 Å². The monoisotopic (exact) mass is 672 g/mol. The molecule has 2 aromatic carbocycles.